The number of alkyl halides is 2. The number of benzene rings is 1. The SMILES string of the molecule is CCOC(=O)CCCCCCNC(=NC)NCc1cc2c(cc1OC(F)F)OCO2.I. The summed E-state index contributed by atoms with van der Waals surface area (Å²) >= 11 is 0. The normalized spacial score (nSPS) is 12.4. The summed E-state index contributed by atoms with van der Waals surface area (Å²) in [4.78, 5) is 15.4. The van der Waals surface area contributed by atoms with Crippen molar-refractivity contribution in [2.75, 3.05) is 27.0 Å². The Morgan fingerprint density at radius 2 is 1.87 bits per heavy atom. The van der Waals surface area contributed by atoms with Crippen molar-refractivity contribution >= 4 is 35.9 Å². The molecule has 1 aliphatic rings. The number of halogens is 3. The molecule has 2 N–H and O–H groups in total. The van der Waals surface area contributed by atoms with Gasteiger partial charge in [-0.15, -0.1) is 24.0 Å². The number of hydrogen-bond acceptors (Lipinski definition) is 6. The molecule has 2 rings (SSSR count). The molecule has 0 atom stereocenters. The number of rotatable bonds is 12. The van der Waals surface area contributed by atoms with Crippen molar-refractivity contribution in [3.8, 4) is 17.2 Å². The number of nitrogens with zero attached hydrogens (tertiary/aromatic N) is 1. The Morgan fingerprint density at radius 3 is 2.55 bits per heavy atom. The van der Waals surface area contributed by atoms with E-state index in [0.717, 1.165) is 25.7 Å². The van der Waals surface area contributed by atoms with E-state index in [9.17, 15) is 13.6 Å². The van der Waals surface area contributed by atoms with Crippen molar-refractivity contribution < 1.29 is 32.5 Å². The molecule has 0 amide bonds. The lowest BCUT2D eigenvalue weighted by Gasteiger charge is -2.15. The monoisotopic (exact) mass is 557 g/mol. The maximum absolute atomic E-state index is 12.7. The molecule has 0 aromatic heterocycles. The molecule has 0 unspecified atom stereocenters. The van der Waals surface area contributed by atoms with Gasteiger partial charge in [0.2, 0.25) is 6.79 Å². The van der Waals surface area contributed by atoms with Gasteiger partial charge in [0.1, 0.15) is 5.75 Å². The third kappa shape index (κ3) is 9.74. The number of aliphatic imine (C=N–C) groups is 1. The van der Waals surface area contributed by atoms with E-state index in [1.165, 1.54) is 6.07 Å². The van der Waals surface area contributed by atoms with Crippen molar-refractivity contribution in [3.63, 3.8) is 0 Å². The molecule has 11 heteroatoms. The summed E-state index contributed by atoms with van der Waals surface area (Å²) < 4.78 is 45.4. The smallest absolute Gasteiger partial charge is 0.387 e. The van der Waals surface area contributed by atoms with Gasteiger partial charge < -0.3 is 29.6 Å². The summed E-state index contributed by atoms with van der Waals surface area (Å²) in [6.45, 7) is 0.230. The van der Waals surface area contributed by atoms with Crippen molar-refractivity contribution in [1.29, 1.82) is 0 Å². The first-order valence-corrected chi connectivity index (χ1v) is 10.0. The van der Waals surface area contributed by atoms with Gasteiger partial charge in [-0.05, 0) is 25.8 Å². The predicted octanol–water partition coefficient (Wildman–Crippen LogP) is 3.81. The van der Waals surface area contributed by atoms with Crippen LogP contribution in [0.2, 0.25) is 0 Å². The van der Waals surface area contributed by atoms with Crippen molar-refractivity contribution in [1.82, 2.24) is 10.6 Å². The van der Waals surface area contributed by atoms with Crippen LogP contribution in [0.25, 0.3) is 0 Å². The Bertz CT molecular complexity index is 722. The van der Waals surface area contributed by atoms with Crippen LogP contribution in [-0.2, 0) is 16.1 Å². The number of carbonyl (C=O) groups is 1. The number of carbonyl (C=O) groups excluding carboxylic acids is 1. The molecule has 176 valence electrons. The molecule has 8 nitrogen and oxygen atoms in total. The standard InChI is InChI=1S/C20H29F2N3O5.HI/c1-3-27-18(26)8-6-4-5-7-9-24-20(23-2)25-12-14-10-16-17(29-13-28-16)11-15(14)30-19(21)22;/h10-11,19H,3-9,12-13H2,1-2H3,(H2,23,24,25);1H. The zero-order valence-corrected chi connectivity index (χ0v) is 20.1. The molecule has 31 heavy (non-hydrogen) atoms. The van der Waals surface area contributed by atoms with Crippen molar-refractivity contribution in [2.45, 2.75) is 52.2 Å². The lowest BCUT2D eigenvalue weighted by Crippen LogP contribution is -2.37. The first-order chi connectivity index (χ1) is 14.5. The number of hydrogen-bond donors (Lipinski definition) is 2. The summed E-state index contributed by atoms with van der Waals surface area (Å²) in [6, 6.07) is 3.02. The van der Waals surface area contributed by atoms with Crippen molar-refractivity contribution in [2.24, 2.45) is 4.99 Å². The van der Waals surface area contributed by atoms with Gasteiger partial charge in [-0.25, -0.2) is 0 Å². The van der Waals surface area contributed by atoms with Crippen LogP contribution in [0.5, 0.6) is 17.2 Å². The molecule has 1 aromatic carbocycles. The molecule has 0 radical (unpaired) electrons. The molecule has 1 aromatic rings. The summed E-state index contributed by atoms with van der Waals surface area (Å²) in [6.07, 6.45) is 4.08. The Kier molecular flexibility index (Phi) is 12.9. The Labute approximate surface area is 198 Å². The molecular weight excluding hydrogens is 527 g/mol. The fraction of sp³-hybridized carbons (Fsp3) is 0.600. The van der Waals surface area contributed by atoms with Gasteiger partial charge in [0.15, 0.2) is 17.5 Å². The van der Waals surface area contributed by atoms with E-state index in [4.69, 9.17) is 14.2 Å². The van der Waals surface area contributed by atoms with Gasteiger partial charge >= 0.3 is 12.6 Å². The second-order valence-electron chi connectivity index (χ2n) is 6.51. The van der Waals surface area contributed by atoms with Crippen LogP contribution in [0, 0.1) is 0 Å². The maximum atomic E-state index is 12.7. The average molecular weight is 557 g/mol. The molecule has 0 bridgehead atoms. The lowest BCUT2D eigenvalue weighted by molar-refractivity contribution is -0.143. The number of ether oxygens (including phenoxy) is 4. The second kappa shape index (κ2) is 14.9. The molecule has 1 aliphatic heterocycles. The van der Waals surface area contributed by atoms with E-state index in [2.05, 4.69) is 20.4 Å². The predicted molar refractivity (Wildman–Crippen MR) is 123 cm³/mol. The zero-order chi connectivity index (χ0) is 21.8. The molecule has 0 saturated carbocycles. The summed E-state index contributed by atoms with van der Waals surface area (Å²) in [5.74, 6) is 1.28. The van der Waals surface area contributed by atoms with E-state index >= 15 is 0 Å². The Balaban J connectivity index is 0.00000480. The zero-order valence-electron chi connectivity index (χ0n) is 17.7. The summed E-state index contributed by atoms with van der Waals surface area (Å²) in [5, 5.41) is 6.25. The fourth-order valence-electron chi connectivity index (χ4n) is 2.90. The Morgan fingerprint density at radius 1 is 1.16 bits per heavy atom. The highest BCUT2D eigenvalue weighted by atomic mass is 127. The first kappa shape index (κ1) is 27.0. The van der Waals surface area contributed by atoms with E-state index in [1.807, 2.05) is 0 Å². The number of fused-ring (bicyclic) bond motifs is 1. The highest BCUT2D eigenvalue weighted by molar-refractivity contribution is 14.0. The van der Waals surface area contributed by atoms with Crippen LogP contribution >= 0.6 is 24.0 Å². The van der Waals surface area contributed by atoms with Gasteiger partial charge in [-0.2, -0.15) is 8.78 Å². The largest absolute Gasteiger partial charge is 0.466 e. The molecule has 0 spiro atoms. The minimum Gasteiger partial charge on any atom is -0.466 e. The molecule has 0 saturated heterocycles. The lowest BCUT2D eigenvalue weighted by atomic mass is 10.1. The number of esters is 1. The summed E-state index contributed by atoms with van der Waals surface area (Å²) in [7, 11) is 1.63. The third-order valence-corrected chi connectivity index (χ3v) is 4.35. The highest BCUT2D eigenvalue weighted by Crippen LogP contribution is 2.38. The molecular formula is C20H30F2IN3O5. The van der Waals surface area contributed by atoms with Crippen LogP contribution in [0.4, 0.5) is 8.78 Å². The van der Waals surface area contributed by atoms with Crippen molar-refractivity contribution in [3.05, 3.63) is 17.7 Å². The minimum absolute atomic E-state index is 0. The quantitative estimate of drug-likeness (QED) is 0.133. The molecule has 0 aliphatic carbocycles. The minimum atomic E-state index is -2.94. The van der Waals surface area contributed by atoms with Gasteiger partial charge in [-0.1, -0.05) is 12.8 Å². The van der Waals surface area contributed by atoms with Crippen LogP contribution in [-0.4, -0.2) is 45.5 Å². The van der Waals surface area contributed by atoms with Gasteiger partial charge in [0.25, 0.3) is 0 Å². The number of unbranched alkanes of at least 4 members (excludes halogenated alkanes) is 3. The van der Waals surface area contributed by atoms with Crippen LogP contribution in [0.15, 0.2) is 17.1 Å². The van der Waals surface area contributed by atoms with E-state index in [-0.39, 0.29) is 49.0 Å². The highest BCUT2D eigenvalue weighted by Gasteiger charge is 2.20. The first-order valence-electron chi connectivity index (χ1n) is 10.0. The van der Waals surface area contributed by atoms with E-state index < -0.39 is 6.61 Å². The second-order valence-corrected chi connectivity index (χ2v) is 6.51. The third-order valence-electron chi connectivity index (χ3n) is 4.35. The topological polar surface area (TPSA) is 90.4 Å². The number of nitrogens with one attached hydrogen (secondary N) is 2. The van der Waals surface area contributed by atoms with Gasteiger partial charge in [-0.3, -0.25) is 9.79 Å². The molecule has 1 heterocycles. The van der Waals surface area contributed by atoms with Crippen LogP contribution < -0.4 is 24.8 Å². The van der Waals surface area contributed by atoms with Gasteiger partial charge in [0, 0.05) is 38.2 Å². The molecule has 0 fully saturated rings. The van der Waals surface area contributed by atoms with E-state index in [0.29, 0.717) is 42.6 Å². The summed E-state index contributed by atoms with van der Waals surface area (Å²) in [5.41, 5.74) is 0.501. The number of guanidine groups is 1. The van der Waals surface area contributed by atoms with Crippen LogP contribution in [0.3, 0.4) is 0 Å². The van der Waals surface area contributed by atoms with Gasteiger partial charge in [0.05, 0.1) is 6.61 Å². The fourth-order valence-corrected chi connectivity index (χ4v) is 2.90. The maximum Gasteiger partial charge on any atom is 0.387 e. The Hall–Kier alpha value is -2.05. The average Bonchev–Trinajstić information content (AvgIpc) is 3.16. The van der Waals surface area contributed by atoms with Crippen LogP contribution in [0.1, 0.15) is 44.6 Å². The van der Waals surface area contributed by atoms with E-state index in [1.54, 1.807) is 20.0 Å².